The van der Waals surface area contributed by atoms with E-state index in [0.717, 1.165) is 18.9 Å². The smallest absolute Gasteiger partial charge is 0.164 e. The lowest BCUT2D eigenvalue weighted by Gasteiger charge is -2.29. The molecule has 2 heterocycles. The fraction of sp³-hybridized carbons (Fsp3) is 0.615. The Kier molecular flexibility index (Phi) is 4.31. The summed E-state index contributed by atoms with van der Waals surface area (Å²) in [7, 11) is 2.17. The van der Waals surface area contributed by atoms with Crippen LogP contribution in [0.4, 0.5) is 10.1 Å². The molecule has 1 aromatic heterocycles. The molecule has 0 bridgehead atoms. The fourth-order valence-corrected chi connectivity index (χ4v) is 2.44. The van der Waals surface area contributed by atoms with Crippen LogP contribution in [0.25, 0.3) is 0 Å². The van der Waals surface area contributed by atoms with Crippen molar-refractivity contribution in [3.8, 4) is 0 Å². The number of halogens is 1. The lowest BCUT2D eigenvalue weighted by molar-refractivity contribution is 0.205. The molecule has 1 aliphatic rings. The van der Waals surface area contributed by atoms with Crippen LogP contribution in [0.3, 0.4) is 0 Å². The van der Waals surface area contributed by atoms with E-state index in [1.807, 2.05) is 0 Å². The van der Waals surface area contributed by atoms with Crippen LogP contribution in [0.15, 0.2) is 18.5 Å². The van der Waals surface area contributed by atoms with Crippen molar-refractivity contribution in [3.63, 3.8) is 0 Å². The summed E-state index contributed by atoms with van der Waals surface area (Å²) in [6.45, 7) is 3.21. The zero-order valence-corrected chi connectivity index (χ0v) is 10.3. The molecule has 0 amide bonds. The number of aromatic nitrogens is 1. The minimum Gasteiger partial charge on any atom is -0.383 e. The molecule has 0 radical (unpaired) electrons. The van der Waals surface area contributed by atoms with Crippen molar-refractivity contribution in [2.45, 2.75) is 19.3 Å². The van der Waals surface area contributed by atoms with Gasteiger partial charge in [0.2, 0.25) is 0 Å². The highest BCUT2D eigenvalue weighted by Crippen LogP contribution is 2.19. The number of likely N-dealkylation sites (tertiary alicyclic amines) is 1. The molecule has 17 heavy (non-hydrogen) atoms. The monoisotopic (exact) mass is 237 g/mol. The summed E-state index contributed by atoms with van der Waals surface area (Å²) < 4.78 is 13.3. The summed E-state index contributed by atoms with van der Waals surface area (Å²) in [6.07, 6.45) is 6.54. The molecule has 1 N–H and O–H groups in total. The van der Waals surface area contributed by atoms with Crippen molar-refractivity contribution in [2.24, 2.45) is 5.92 Å². The molecule has 2 rings (SSSR count). The van der Waals surface area contributed by atoms with Crippen LogP contribution in [0.1, 0.15) is 19.3 Å². The first-order chi connectivity index (χ1) is 8.25. The molecule has 1 fully saturated rings. The average Bonchev–Trinajstić information content (AvgIpc) is 2.32. The quantitative estimate of drug-likeness (QED) is 0.871. The number of hydrogen-bond donors (Lipinski definition) is 1. The van der Waals surface area contributed by atoms with Gasteiger partial charge in [-0.25, -0.2) is 4.39 Å². The van der Waals surface area contributed by atoms with E-state index in [2.05, 4.69) is 22.2 Å². The van der Waals surface area contributed by atoms with Gasteiger partial charge < -0.3 is 10.2 Å². The lowest BCUT2D eigenvalue weighted by Crippen LogP contribution is -2.32. The van der Waals surface area contributed by atoms with E-state index in [1.165, 1.54) is 32.1 Å². The number of nitrogens with one attached hydrogen (secondary N) is 1. The Bertz CT molecular complexity index is 356. The van der Waals surface area contributed by atoms with Gasteiger partial charge in [0.1, 0.15) is 0 Å². The average molecular weight is 237 g/mol. The number of rotatable bonds is 4. The second-order valence-electron chi connectivity index (χ2n) is 4.84. The number of pyridine rings is 1. The summed E-state index contributed by atoms with van der Waals surface area (Å²) in [6, 6.07) is 1.68. The van der Waals surface area contributed by atoms with E-state index in [4.69, 9.17) is 0 Å². The van der Waals surface area contributed by atoms with Gasteiger partial charge in [-0.3, -0.25) is 4.98 Å². The Morgan fingerprint density at radius 2 is 2.47 bits per heavy atom. The normalized spacial score (nSPS) is 21.4. The first-order valence-electron chi connectivity index (χ1n) is 6.27. The number of piperidine rings is 1. The number of anilines is 1. The molecule has 4 heteroatoms. The maximum Gasteiger partial charge on any atom is 0.164 e. The topological polar surface area (TPSA) is 28.2 Å². The molecule has 94 valence electrons. The number of hydrogen-bond acceptors (Lipinski definition) is 3. The molecule has 1 aromatic rings. The van der Waals surface area contributed by atoms with E-state index in [9.17, 15) is 4.39 Å². The third-order valence-electron chi connectivity index (χ3n) is 3.36. The summed E-state index contributed by atoms with van der Waals surface area (Å²) >= 11 is 0. The SMILES string of the molecule is CN1CCC[C@H](CCNc2ccncc2F)C1. The van der Waals surface area contributed by atoms with E-state index in [-0.39, 0.29) is 5.82 Å². The third kappa shape index (κ3) is 3.66. The highest BCUT2D eigenvalue weighted by atomic mass is 19.1. The Balaban J connectivity index is 1.74. The van der Waals surface area contributed by atoms with Gasteiger partial charge in [-0.2, -0.15) is 0 Å². The van der Waals surface area contributed by atoms with E-state index in [0.29, 0.717) is 5.69 Å². The minimum atomic E-state index is -0.270. The first kappa shape index (κ1) is 12.3. The van der Waals surface area contributed by atoms with Crippen molar-refractivity contribution in [2.75, 3.05) is 32.0 Å². The second kappa shape index (κ2) is 5.96. The van der Waals surface area contributed by atoms with Crippen LogP contribution in [-0.4, -0.2) is 36.6 Å². The maximum atomic E-state index is 13.3. The minimum absolute atomic E-state index is 0.270. The highest BCUT2D eigenvalue weighted by Gasteiger charge is 2.16. The van der Waals surface area contributed by atoms with Gasteiger partial charge in [-0.15, -0.1) is 0 Å². The zero-order valence-electron chi connectivity index (χ0n) is 10.3. The predicted octanol–water partition coefficient (Wildman–Crippen LogP) is 2.36. The molecule has 0 unspecified atom stereocenters. The summed E-state index contributed by atoms with van der Waals surface area (Å²) in [5, 5.41) is 3.14. The van der Waals surface area contributed by atoms with Crippen LogP contribution >= 0.6 is 0 Å². The molecule has 3 nitrogen and oxygen atoms in total. The Morgan fingerprint density at radius 1 is 1.59 bits per heavy atom. The van der Waals surface area contributed by atoms with Gasteiger partial charge >= 0.3 is 0 Å². The van der Waals surface area contributed by atoms with Crippen molar-refractivity contribution in [1.82, 2.24) is 9.88 Å². The molecule has 1 atom stereocenters. The molecular formula is C13H20FN3. The van der Waals surface area contributed by atoms with Crippen molar-refractivity contribution in [3.05, 3.63) is 24.3 Å². The van der Waals surface area contributed by atoms with Gasteiger partial charge in [0, 0.05) is 19.3 Å². The van der Waals surface area contributed by atoms with Crippen LogP contribution < -0.4 is 5.32 Å². The van der Waals surface area contributed by atoms with Gasteiger partial charge in [-0.05, 0) is 44.8 Å². The predicted molar refractivity (Wildman–Crippen MR) is 67.5 cm³/mol. The summed E-state index contributed by atoms with van der Waals surface area (Å²) in [5.41, 5.74) is 0.559. The molecule has 1 saturated heterocycles. The molecule has 0 spiro atoms. The lowest BCUT2D eigenvalue weighted by atomic mass is 9.95. The molecular weight excluding hydrogens is 217 g/mol. The van der Waals surface area contributed by atoms with Gasteiger partial charge in [0.15, 0.2) is 5.82 Å². The second-order valence-corrected chi connectivity index (χ2v) is 4.84. The van der Waals surface area contributed by atoms with Crippen molar-refractivity contribution >= 4 is 5.69 Å². The van der Waals surface area contributed by atoms with E-state index < -0.39 is 0 Å². The molecule has 0 aliphatic carbocycles. The standard InChI is InChI=1S/C13H20FN3/c1-17-8-2-3-11(10-17)4-7-16-13-5-6-15-9-12(13)14/h5-6,9,11H,2-4,7-8,10H2,1H3,(H,15,16)/t11-/m1/s1. The fourth-order valence-electron chi connectivity index (χ4n) is 2.44. The van der Waals surface area contributed by atoms with Crippen LogP contribution in [0.5, 0.6) is 0 Å². The summed E-state index contributed by atoms with van der Waals surface area (Å²) in [5.74, 6) is 0.472. The Morgan fingerprint density at radius 3 is 3.24 bits per heavy atom. The van der Waals surface area contributed by atoms with Crippen LogP contribution in [-0.2, 0) is 0 Å². The molecule has 0 saturated carbocycles. The van der Waals surface area contributed by atoms with Crippen molar-refractivity contribution < 1.29 is 4.39 Å². The van der Waals surface area contributed by atoms with Gasteiger partial charge in [0.05, 0.1) is 11.9 Å². The highest BCUT2D eigenvalue weighted by molar-refractivity contribution is 5.42. The Labute approximate surface area is 102 Å². The van der Waals surface area contributed by atoms with Crippen LogP contribution in [0.2, 0.25) is 0 Å². The molecule has 1 aliphatic heterocycles. The summed E-state index contributed by atoms with van der Waals surface area (Å²) in [4.78, 5) is 6.11. The maximum absolute atomic E-state index is 13.3. The van der Waals surface area contributed by atoms with E-state index in [1.54, 1.807) is 12.3 Å². The molecule has 0 aromatic carbocycles. The Hall–Kier alpha value is -1.16. The van der Waals surface area contributed by atoms with Gasteiger partial charge in [-0.1, -0.05) is 0 Å². The zero-order chi connectivity index (χ0) is 12.1. The number of nitrogens with zero attached hydrogens (tertiary/aromatic N) is 2. The third-order valence-corrected chi connectivity index (χ3v) is 3.36. The van der Waals surface area contributed by atoms with Gasteiger partial charge in [0.25, 0.3) is 0 Å². The first-order valence-corrected chi connectivity index (χ1v) is 6.27. The van der Waals surface area contributed by atoms with Crippen molar-refractivity contribution in [1.29, 1.82) is 0 Å². The largest absolute Gasteiger partial charge is 0.383 e. The van der Waals surface area contributed by atoms with E-state index >= 15 is 0 Å². The van der Waals surface area contributed by atoms with Crippen LogP contribution in [0, 0.1) is 11.7 Å².